The summed E-state index contributed by atoms with van der Waals surface area (Å²) in [6, 6.07) is 64.9. The summed E-state index contributed by atoms with van der Waals surface area (Å²) in [4.78, 5) is 10.8. The lowest BCUT2D eigenvalue weighted by atomic mass is 10.0. The molecule has 0 bridgehead atoms. The molecule has 0 saturated heterocycles. The summed E-state index contributed by atoms with van der Waals surface area (Å²) in [7, 11) is 0. The molecule has 0 radical (unpaired) electrons. The summed E-state index contributed by atoms with van der Waals surface area (Å²) < 4.78 is 10.9. The van der Waals surface area contributed by atoms with Crippen molar-refractivity contribution < 1.29 is 4.42 Å². The van der Waals surface area contributed by atoms with Crippen molar-refractivity contribution in [2.45, 2.75) is 0 Å². The minimum Gasteiger partial charge on any atom is -0.456 e. The molecular formula is C52H30N4O. The topological polar surface area (TPSA) is 48.8 Å². The molecule has 0 saturated carbocycles. The fourth-order valence-corrected chi connectivity index (χ4v) is 9.41. The molecule has 5 nitrogen and oxygen atoms in total. The summed E-state index contributed by atoms with van der Waals surface area (Å²) in [5.74, 6) is 0.626. The second-order valence-corrected chi connectivity index (χ2v) is 14.9. The van der Waals surface area contributed by atoms with Crippen molar-refractivity contribution in [3.63, 3.8) is 0 Å². The van der Waals surface area contributed by atoms with Gasteiger partial charge in [-0.15, -0.1) is 0 Å². The number of furan rings is 1. The molecular weight excluding hydrogens is 697 g/mol. The molecule has 57 heavy (non-hydrogen) atoms. The number of aromatic nitrogens is 4. The van der Waals surface area contributed by atoms with Gasteiger partial charge in [-0.05, 0) is 82.2 Å². The van der Waals surface area contributed by atoms with Crippen molar-refractivity contribution in [1.29, 1.82) is 0 Å². The van der Waals surface area contributed by atoms with Gasteiger partial charge >= 0.3 is 0 Å². The van der Waals surface area contributed by atoms with Crippen LogP contribution in [0.5, 0.6) is 0 Å². The van der Waals surface area contributed by atoms with Crippen molar-refractivity contribution in [1.82, 2.24) is 19.1 Å². The molecule has 13 aromatic rings. The molecule has 0 unspecified atom stereocenters. The third-order valence-corrected chi connectivity index (χ3v) is 11.9. The van der Waals surface area contributed by atoms with Crippen molar-refractivity contribution in [3.8, 4) is 22.9 Å². The van der Waals surface area contributed by atoms with Crippen LogP contribution in [0.3, 0.4) is 0 Å². The minimum atomic E-state index is 0.626. The zero-order chi connectivity index (χ0) is 37.2. The first-order valence-corrected chi connectivity index (χ1v) is 19.3. The van der Waals surface area contributed by atoms with Crippen LogP contribution in [0.15, 0.2) is 186 Å². The van der Waals surface area contributed by atoms with E-state index in [0.29, 0.717) is 5.95 Å². The maximum absolute atomic E-state index is 6.22. The number of hydrogen-bond acceptors (Lipinski definition) is 3. The molecule has 13 rings (SSSR count). The van der Waals surface area contributed by atoms with E-state index in [0.717, 1.165) is 66.2 Å². The first-order valence-electron chi connectivity index (χ1n) is 19.3. The molecule has 0 aliphatic heterocycles. The summed E-state index contributed by atoms with van der Waals surface area (Å²) in [5, 5.41) is 12.9. The van der Waals surface area contributed by atoms with Crippen LogP contribution in [0.1, 0.15) is 0 Å². The fourth-order valence-electron chi connectivity index (χ4n) is 9.41. The van der Waals surface area contributed by atoms with E-state index in [4.69, 9.17) is 14.4 Å². The molecule has 4 heterocycles. The van der Waals surface area contributed by atoms with Gasteiger partial charge in [-0.25, -0.2) is 9.97 Å². The van der Waals surface area contributed by atoms with E-state index in [2.05, 4.69) is 179 Å². The molecule has 0 fully saturated rings. The summed E-state index contributed by atoms with van der Waals surface area (Å²) >= 11 is 0. The average molecular weight is 727 g/mol. The number of hydrogen-bond donors (Lipinski definition) is 0. The lowest BCUT2D eigenvalue weighted by molar-refractivity contribution is 0.669. The Morgan fingerprint density at radius 1 is 0.368 bits per heavy atom. The highest BCUT2D eigenvalue weighted by Gasteiger charge is 2.22. The Hall–Kier alpha value is -7.76. The van der Waals surface area contributed by atoms with E-state index < -0.39 is 0 Å². The van der Waals surface area contributed by atoms with Crippen LogP contribution in [-0.2, 0) is 0 Å². The largest absolute Gasteiger partial charge is 0.456 e. The van der Waals surface area contributed by atoms with E-state index in [1.165, 1.54) is 48.7 Å². The van der Waals surface area contributed by atoms with Crippen LogP contribution in [0.2, 0.25) is 0 Å². The summed E-state index contributed by atoms with van der Waals surface area (Å²) in [6.07, 6.45) is 0. The van der Waals surface area contributed by atoms with Crippen LogP contribution in [0.4, 0.5) is 0 Å². The number of nitrogens with zero attached hydrogens (tertiary/aromatic N) is 4. The third kappa shape index (κ3) is 4.28. The van der Waals surface area contributed by atoms with Gasteiger partial charge in [0.15, 0.2) is 0 Å². The Kier molecular flexibility index (Phi) is 6.10. The van der Waals surface area contributed by atoms with Gasteiger partial charge in [0.1, 0.15) is 11.2 Å². The van der Waals surface area contributed by atoms with Gasteiger partial charge in [-0.1, -0.05) is 121 Å². The van der Waals surface area contributed by atoms with E-state index in [9.17, 15) is 0 Å². The fraction of sp³-hybridized carbons (Fsp3) is 0. The molecule has 0 atom stereocenters. The molecule has 9 aromatic carbocycles. The highest BCUT2D eigenvalue weighted by Crippen LogP contribution is 2.42. The highest BCUT2D eigenvalue weighted by atomic mass is 16.3. The zero-order valence-electron chi connectivity index (χ0n) is 30.5. The van der Waals surface area contributed by atoms with E-state index in [1.807, 2.05) is 12.1 Å². The maximum atomic E-state index is 6.22. The van der Waals surface area contributed by atoms with Gasteiger partial charge in [0.2, 0.25) is 5.95 Å². The number of fused-ring (bicyclic) bond motifs is 14. The van der Waals surface area contributed by atoms with Gasteiger partial charge in [0.25, 0.3) is 0 Å². The van der Waals surface area contributed by atoms with Gasteiger partial charge in [-0.3, -0.25) is 4.57 Å². The van der Waals surface area contributed by atoms with Crippen LogP contribution < -0.4 is 0 Å². The standard InChI is InChI=1S/C52H30N4O/c1-3-13-35-31(11-1)21-26-44-49(35)39-17-6-9-19-43(39)55(44)34-24-25-40-46(30-34)56(45-27-22-32-12-2-4-14-36(32)50(40)45)52-53-42-18-8-5-16-38(42)51(54-52)33-23-28-48-41(29-33)37-15-7-10-20-47(37)57-48/h1-30H. The molecule has 0 spiro atoms. The predicted molar refractivity (Wildman–Crippen MR) is 236 cm³/mol. The maximum Gasteiger partial charge on any atom is 0.235 e. The predicted octanol–water partition coefficient (Wildman–Crippen LogP) is 13.7. The number of rotatable bonds is 3. The summed E-state index contributed by atoms with van der Waals surface area (Å²) in [6.45, 7) is 0. The SMILES string of the molecule is c1ccc2c(c1)ccc1c2c2ccccc2n1-c1ccc2c3c4ccccc4ccc3n(-c3nc(-c4ccc5oc6ccccc6c5c4)c4ccccc4n3)c2c1. The Bertz CT molecular complexity index is 3830. The third-order valence-electron chi connectivity index (χ3n) is 11.9. The number of para-hydroxylation sites is 3. The second-order valence-electron chi connectivity index (χ2n) is 14.9. The van der Waals surface area contributed by atoms with Gasteiger partial charge in [0, 0.05) is 49.0 Å². The van der Waals surface area contributed by atoms with Crippen molar-refractivity contribution in [2.75, 3.05) is 0 Å². The smallest absolute Gasteiger partial charge is 0.235 e. The molecule has 0 N–H and O–H groups in total. The normalized spacial score (nSPS) is 12.2. The van der Waals surface area contributed by atoms with Crippen molar-refractivity contribution >= 4 is 98.0 Å². The van der Waals surface area contributed by atoms with Crippen LogP contribution in [-0.4, -0.2) is 19.1 Å². The minimum absolute atomic E-state index is 0.626. The lowest BCUT2D eigenvalue weighted by Gasteiger charge is -2.13. The van der Waals surface area contributed by atoms with E-state index in [-0.39, 0.29) is 0 Å². The van der Waals surface area contributed by atoms with Crippen LogP contribution >= 0.6 is 0 Å². The van der Waals surface area contributed by atoms with Gasteiger partial charge in [0.05, 0.1) is 33.3 Å². The molecule has 0 amide bonds. The Morgan fingerprint density at radius 2 is 0.982 bits per heavy atom. The van der Waals surface area contributed by atoms with Crippen molar-refractivity contribution in [2.24, 2.45) is 0 Å². The Labute approximate surface area is 325 Å². The van der Waals surface area contributed by atoms with Gasteiger partial charge < -0.3 is 8.98 Å². The zero-order valence-corrected chi connectivity index (χ0v) is 30.5. The van der Waals surface area contributed by atoms with E-state index in [1.54, 1.807) is 0 Å². The molecule has 5 heteroatoms. The summed E-state index contributed by atoms with van der Waals surface area (Å²) in [5.41, 5.74) is 10.0. The molecule has 0 aliphatic carbocycles. The lowest BCUT2D eigenvalue weighted by Crippen LogP contribution is -2.04. The molecule has 4 aromatic heterocycles. The monoisotopic (exact) mass is 726 g/mol. The quantitative estimate of drug-likeness (QED) is 0.182. The number of benzene rings is 9. The molecule has 0 aliphatic rings. The Balaban J connectivity index is 1.13. The van der Waals surface area contributed by atoms with Crippen LogP contribution in [0.25, 0.3) is 121 Å². The van der Waals surface area contributed by atoms with E-state index >= 15 is 0 Å². The van der Waals surface area contributed by atoms with Crippen molar-refractivity contribution in [3.05, 3.63) is 182 Å². The van der Waals surface area contributed by atoms with Crippen LogP contribution in [0, 0.1) is 0 Å². The highest BCUT2D eigenvalue weighted by molar-refractivity contribution is 6.23. The van der Waals surface area contributed by atoms with Gasteiger partial charge in [-0.2, -0.15) is 0 Å². The molecule has 264 valence electrons. The average Bonchev–Trinajstić information content (AvgIpc) is 3.93. The second kappa shape index (κ2) is 11.4. The first kappa shape index (κ1) is 30.6. The first-order chi connectivity index (χ1) is 28.3. The Morgan fingerprint density at radius 3 is 1.77 bits per heavy atom.